The van der Waals surface area contributed by atoms with Gasteiger partial charge in [-0.3, -0.25) is 9.59 Å². The highest BCUT2D eigenvalue weighted by Gasteiger charge is 2.32. The molecule has 0 atom stereocenters. The zero-order valence-corrected chi connectivity index (χ0v) is 19.0. The molecule has 1 aliphatic carbocycles. The number of hydrogen-bond donors (Lipinski definition) is 1. The zero-order valence-electron chi connectivity index (χ0n) is 19.0. The van der Waals surface area contributed by atoms with Gasteiger partial charge in [-0.15, -0.1) is 0 Å². The lowest BCUT2D eigenvalue weighted by molar-refractivity contribution is -0.126. The Labute approximate surface area is 190 Å². The van der Waals surface area contributed by atoms with E-state index in [9.17, 15) is 9.59 Å². The minimum atomic E-state index is -0.0272. The van der Waals surface area contributed by atoms with Gasteiger partial charge in [-0.25, -0.2) is 4.68 Å². The van der Waals surface area contributed by atoms with Crippen LogP contribution in [0.2, 0.25) is 0 Å². The van der Waals surface area contributed by atoms with Gasteiger partial charge in [0.15, 0.2) is 5.69 Å². The lowest BCUT2D eigenvalue weighted by Gasteiger charge is -2.31. The lowest BCUT2D eigenvalue weighted by atomic mass is 9.95. The van der Waals surface area contributed by atoms with Gasteiger partial charge in [0.05, 0.1) is 5.69 Å². The number of carbonyl (C=O) groups is 2. The summed E-state index contributed by atoms with van der Waals surface area (Å²) in [6.07, 6.45) is 7.48. The Morgan fingerprint density at radius 1 is 1.09 bits per heavy atom. The monoisotopic (exact) mass is 438 g/mol. The van der Waals surface area contributed by atoms with Crippen molar-refractivity contribution in [1.29, 1.82) is 0 Å². The van der Waals surface area contributed by atoms with Crippen molar-refractivity contribution in [3.05, 3.63) is 47.3 Å². The molecule has 4 rings (SSSR count). The summed E-state index contributed by atoms with van der Waals surface area (Å²) in [5.41, 5.74) is 3.92. The van der Waals surface area contributed by atoms with Crippen LogP contribution < -0.4 is 5.32 Å². The van der Waals surface area contributed by atoms with E-state index >= 15 is 0 Å². The topological polar surface area (TPSA) is 76.5 Å². The van der Waals surface area contributed by atoms with Crippen LogP contribution in [-0.2, 0) is 22.4 Å². The summed E-state index contributed by atoms with van der Waals surface area (Å²) in [6, 6.07) is 10.1. The van der Waals surface area contributed by atoms with E-state index in [1.807, 2.05) is 39.9 Å². The first kappa shape index (κ1) is 22.5. The zero-order chi connectivity index (χ0) is 22.3. The van der Waals surface area contributed by atoms with Gasteiger partial charge in [0.2, 0.25) is 5.91 Å². The molecule has 2 heterocycles. The fourth-order valence-electron chi connectivity index (χ4n) is 4.80. The van der Waals surface area contributed by atoms with E-state index in [0.29, 0.717) is 44.8 Å². The van der Waals surface area contributed by atoms with E-state index in [-0.39, 0.29) is 17.7 Å². The summed E-state index contributed by atoms with van der Waals surface area (Å²) in [7, 11) is 1.66. The number of methoxy groups -OCH3 is 1. The number of amides is 2. The number of rotatable bonds is 7. The molecule has 1 fully saturated rings. The third-order valence-electron chi connectivity index (χ3n) is 6.61. The number of fused-ring (bicyclic) bond motifs is 1. The number of likely N-dealkylation sites (tertiary alicyclic amines) is 1. The Hall–Kier alpha value is -2.67. The van der Waals surface area contributed by atoms with Gasteiger partial charge in [0.1, 0.15) is 0 Å². The van der Waals surface area contributed by atoms with E-state index in [4.69, 9.17) is 9.84 Å². The van der Waals surface area contributed by atoms with Crippen LogP contribution in [-0.4, -0.2) is 59.8 Å². The maximum atomic E-state index is 13.5. The SMILES string of the molecule is COCCCNC(=O)C1CCN(C(=O)c2nn(-c3ccccc3)c3c2CCCCC3)CC1. The van der Waals surface area contributed by atoms with Crippen molar-refractivity contribution in [2.45, 2.75) is 51.4 Å². The van der Waals surface area contributed by atoms with Crippen molar-refractivity contribution in [2.24, 2.45) is 5.92 Å². The van der Waals surface area contributed by atoms with Crippen LogP contribution in [0, 0.1) is 5.92 Å². The molecule has 0 unspecified atom stereocenters. The van der Waals surface area contributed by atoms with Crippen molar-refractivity contribution in [3.8, 4) is 5.69 Å². The molecule has 0 bridgehead atoms. The van der Waals surface area contributed by atoms with Crippen LogP contribution in [0.25, 0.3) is 5.69 Å². The molecule has 1 aliphatic heterocycles. The first-order valence-electron chi connectivity index (χ1n) is 11.9. The van der Waals surface area contributed by atoms with Gasteiger partial charge in [-0.2, -0.15) is 5.10 Å². The average molecular weight is 439 g/mol. The highest BCUT2D eigenvalue weighted by Crippen LogP contribution is 2.28. The Bertz CT molecular complexity index is 917. The Kier molecular flexibility index (Phi) is 7.58. The molecule has 7 heteroatoms. The fourth-order valence-corrected chi connectivity index (χ4v) is 4.80. The molecule has 7 nitrogen and oxygen atoms in total. The number of para-hydroxylation sites is 1. The van der Waals surface area contributed by atoms with Crippen molar-refractivity contribution in [3.63, 3.8) is 0 Å². The minimum Gasteiger partial charge on any atom is -0.385 e. The predicted octanol–water partition coefficient (Wildman–Crippen LogP) is 3.15. The van der Waals surface area contributed by atoms with Crippen LogP contribution in [0.4, 0.5) is 0 Å². The lowest BCUT2D eigenvalue weighted by Crippen LogP contribution is -2.43. The molecule has 32 heavy (non-hydrogen) atoms. The first-order valence-corrected chi connectivity index (χ1v) is 11.9. The van der Waals surface area contributed by atoms with Crippen molar-refractivity contribution in [2.75, 3.05) is 33.4 Å². The van der Waals surface area contributed by atoms with E-state index in [0.717, 1.165) is 43.4 Å². The Morgan fingerprint density at radius 3 is 2.59 bits per heavy atom. The number of ether oxygens (including phenoxy) is 1. The first-order chi connectivity index (χ1) is 15.7. The van der Waals surface area contributed by atoms with Crippen LogP contribution >= 0.6 is 0 Å². The van der Waals surface area contributed by atoms with Gasteiger partial charge in [0, 0.05) is 50.5 Å². The summed E-state index contributed by atoms with van der Waals surface area (Å²) in [5.74, 6) is 0.0767. The molecule has 1 N–H and O–H groups in total. The number of piperidine rings is 1. The molecule has 2 aromatic rings. The molecule has 1 aromatic carbocycles. The van der Waals surface area contributed by atoms with Gasteiger partial charge in [-0.05, 0) is 57.1 Å². The second-order valence-electron chi connectivity index (χ2n) is 8.79. The number of benzene rings is 1. The largest absolute Gasteiger partial charge is 0.385 e. The minimum absolute atomic E-state index is 0.0109. The molecule has 0 spiro atoms. The number of hydrogen-bond acceptors (Lipinski definition) is 4. The van der Waals surface area contributed by atoms with Crippen molar-refractivity contribution >= 4 is 11.8 Å². The van der Waals surface area contributed by atoms with Gasteiger partial charge in [0.25, 0.3) is 5.91 Å². The number of nitrogens with zero attached hydrogens (tertiary/aromatic N) is 3. The van der Waals surface area contributed by atoms with Crippen molar-refractivity contribution < 1.29 is 14.3 Å². The number of carbonyl (C=O) groups excluding carboxylic acids is 2. The van der Waals surface area contributed by atoms with Crippen LogP contribution in [0.3, 0.4) is 0 Å². The third-order valence-corrected chi connectivity index (χ3v) is 6.61. The molecule has 0 saturated carbocycles. The average Bonchev–Trinajstić information content (AvgIpc) is 3.02. The summed E-state index contributed by atoms with van der Waals surface area (Å²) < 4.78 is 7.01. The van der Waals surface area contributed by atoms with E-state index in [1.54, 1.807) is 7.11 Å². The molecular weight excluding hydrogens is 404 g/mol. The highest BCUT2D eigenvalue weighted by molar-refractivity contribution is 5.94. The highest BCUT2D eigenvalue weighted by atomic mass is 16.5. The van der Waals surface area contributed by atoms with Gasteiger partial charge in [-0.1, -0.05) is 24.6 Å². The number of nitrogens with one attached hydrogen (secondary N) is 1. The van der Waals surface area contributed by atoms with Crippen molar-refractivity contribution in [1.82, 2.24) is 20.0 Å². The second-order valence-corrected chi connectivity index (χ2v) is 8.79. The maximum absolute atomic E-state index is 13.5. The van der Waals surface area contributed by atoms with Crippen LogP contribution in [0.15, 0.2) is 30.3 Å². The number of aromatic nitrogens is 2. The molecule has 2 aliphatic rings. The van der Waals surface area contributed by atoms with Crippen LogP contribution in [0.1, 0.15) is 60.3 Å². The van der Waals surface area contributed by atoms with E-state index in [1.165, 1.54) is 12.1 Å². The molecule has 1 aromatic heterocycles. The molecule has 172 valence electrons. The molecule has 1 saturated heterocycles. The van der Waals surface area contributed by atoms with Gasteiger partial charge >= 0.3 is 0 Å². The normalized spacial score (nSPS) is 17.0. The molecule has 0 radical (unpaired) electrons. The maximum Gasteiger partial charge on any atom is 0.274 e. The summed E-state index contributed by atoms with van der Waals surface area (Å²) >= 11 is 0. The Balaban J connectivity index is 1.45. The smallest absolute Gasteiger partial charge is 0.274 e. The van der Waals surface area contributed by atoms with E-state index in [2.05, 4.69) is 5.32 Å². The molecular formula is C25H34N4O3. The predicted molar refractivity (Wildman–Crippen MR) is 123 cm³/mol. The van der Waals surface area contributed by atoms with Crippen LogP contribution in [0.5, 0.6) is 0 Å². The van der Waals surface area contributed by atoms with Gasteiger partial charge < -0.3 is 15.0 Å². The summed E-state index contributed by atoms with van der Waals surface area (Å²) in [5, 5.41) is 7.82. The molecule has 2 amide bonds. The summed E-state index contributed by atoms with van der Waals surface area (Å²) in [4.78, 5) is 27.8. The quantitative estimate of drug-likeness (QED) is 0.532. The fraction of sp³-hybridized carbons (Fsp3) is 0.560. The van der Waals surface area contributed by atoms with E-state index < -0.39 is 0 Å². The standard InChI is InChI=1S/C25H34N4O3/c1-32-18-8-15-26-24(30)19-13-16-28(17-14-19)25(31)23-21-11-6-3-7-12-22(21)29(27-23)20-9-4-2-5-10-20/h2,4-5,9-10,19H,3,6-8,11-18H2,1H3,(H,26,30). The second kappa shape index (κ2) is 10.8. The summed E-state index contributed by atoms with van der Waals surface area (Å²) in [6.45, 7) is 2.48. The Morgan fingerprint density at radius 2 is 1.84 bits per heavy atom. The third kappa shape index (κ3) is 5.04.